The average molecular weight is 167 g/mol. The third kappa shape index (κ3) is 0.894. The van der Waals surface area contributed by atoms with Crippen molar-refractivity contribution in [2.45, 2.75) is 6.92 Å². The molecule has 2 fully saturated rings. The molecule has 3 atom stereocenters. The second kappa shape index (κ2) is 2.59. The van der Waals surface area contributed by atoms with Crippen LogP contribution in [-0.2, 0) is 9.63 Å². The molecule has 0 N–H and O–H groups in total. The molecule has 66 valence electrons. The first-order valence-corrected chi connectivity index (χ1v) is 4.28. The van der Waals surface area contributed by atoms with Gasteiger partial charge in [0.05, 0.1) is 19.6 Å². The van der Waals surface area contributed by atoms with E-state index in [1.807, 2.05) is 13.0 Å². The van der Waals surface area contributed by atoms with Crippen LogP contribution in [0.4, 0.5) is 0 Å². The quantitative estimate of drug-likeness (QED) is 0.570. The Morgan fingerprint density at radius 2 is 2.42 bits per heavy atom. The number of fused-ring (bicyclic) bond motifs is 1. The molecule has 1 saturated carbocycles. The highest BCUT2D eigenvalue weighted by Crippen LogP contribution is 2.53. The summed E-state index contributed by atoms with van der Waals surface area (Å²) in [7, 11) is 1.55. The molecule has 2 aliphatic rings. The number of carbonyl (C=O) groups is 1. The van der Waals surface area contributed by atoms with Crippen LogP contribution in [0.3, 0.4) is 0 Å². The summed E-state index contributed by atoms with van der Waals surface area (Å²) in [5.74, 6) is 1.40. The Kier molecular flexibility index (Phi) is 1.68. The van der Waals surface area contributed by atoms with Crippen molar-refractivity contribution in [2.75, 3.05) is 13.7 Å². The van der Waals surface area contributed by atoms with Crippen molar-refractivity contribution in [1.29, 1.82) is 0 Å². The lowest BCUT2D eigenvalue weighted by Gasteiger charge is -2.15. The molecule has 1 saturated heterocycles. The van der Waals surface area contributed by atoms with Crippen LogP contribution in [-0.4, -0.2) is 24.6 Å². The Balaban J connectivity index is 2.01. The number of piperidine rings is 1. The van der Waals surface area contributed by atoms with Crippen molar-refractivity contribution in [3.8, 4) is 0 Å². The van der Waals surface area contributed by atoms with Crippen molar-refractivity contribution < 1.29 is 9.63 Å². The number of rotatable bonds is 2. The molecule has 0 aromatic heterocycles. The van der Waals surface area contributed by atoms with Crippen molar-refractivity contribution in [3.05, 3.63) is 12.2 Å². The molecule has 0 bridgehead atoms. The van der Waals surface area contributed by atoms with Gasteiger partial charge >= 0.3 is 0 Å². The van der Waals surface area contributed by atoms with E-state index in [2.05, 4.69) is 6.08 Å². The number of hydrogen-bond donors (Lipinski definition) is 0. The smallest absolute Gasteiger partial charge is 0.250 e. The van der Waals surface area contributed by atoms with Gasteiger partial charge < -0.3 is 0 Å². The summed E-state index contributed by atoms with van der Waals surface area (Å²) in [6, 6.07) is 0. The van der Waals surface area contributed by atoms with E-state index >= 15 is 0 Å². The second-order valence-electron chi connectivity index (χ2n) is 3.37. The molecule has 12 heavy (non-hydrogen) atoms. The highest BCUT2D eigenvalue weighted by atomic mass is 16.7. The fraction of sp³-hybridized carbons (Fsp3) is 0.667. The first-order chi connectivity index (χ1) is 5.79. The molecule has 0 radical (unpaired) electrons. The van der Waals surface area contributed by atoms with Crippen LogP contribution < -0.4 is 0 Å². The van der Waals surface area contributed by atoms with Gasteiger partial charge in [-0.2, -0.15) is 0 Å². The maximum atomic E-state index is 11.4. The summed E-state index contributed by atoms with van der Waals surface area (Å²) in [6.07, 6.45) is 4.15. The molecular formula is C9H13NO2. The molecule has 3 heteroatoms. The molecule has 1 aliphatic heterocycles. The van der Waals surface area contributed by atoms with Crippen molar-refractivity contribution in [2.24, 2.45) is 17.8 Å². The van der Waals surface area contributed by atoms with Gasteiger partial charge in [0.15, 0.2) is 0 Å². The summed E-state index contributed by atoms with van der Waals surface area (Å²) < 4.78 is 0. The topological polar surface area (TPSA) is 29.5 Å². The number of hydroxylamine groups is 2. The van der Waals surface area contributed by atoms with Gasteiger partial charge in [0.2, 0.25) is 5.91 Å². The van der Waals surface area contributed by atoms with E-state index in [0.717, 1.165) is 6.54 Å². The minimum absolute atomic E-state index is 0.158. The molecule has 3 nitrogen and oxygen atoms in total. The van der Waals surface area contributed by atoms with E-state index in [9.17, 15) is 4.79 Å². The summed E-state index contributed by atoms with van der Waals surface area (Å²) in [4.78, 5) is 16.3. The van der Waals surface area contributed by atoms with Crippen LogP contribution in [0, 0.1) is 17.8 Å². The van der Waals surface area contributed by atoms with Crippen LogP contribution >= 0.6 is 0 Å². The molecule has 1 heterocycles. The predicted molar refractivity (Wildman–Crippen MR) is 44.0 cm³/mol. The predicted octanol–water partition coefficient (Wildman–Crippen LogP) is 0.828. The third-order valence-corrected chi connectivity index (χ3v) is 2.77. The number of hydrogen-bond acceptors (Lipinski definition) is 2. The van der Waals surface area contributed by atoms with E-state index in [4.69, 9.17) is 4.84 Å². The van der Waals surface area contributed by atoms with Crippen LogP contribution in [0.5, 0.6) is 0 Å². The Bertz CT molecular complexity index is 237. The fourth-order valence-corrected chi connectivity index (χ4v) is 2.08. The van der Waals surface area contributed by atoms with Crippen LogP contribution in [0.1, 0.15) is 6.92 Å². The van der Waals surface area contributed by atoms with E-state index in [1.54, 1.807) is 7.11 Å². The highest BCUT2D eigenvalue weighted by Gasteiger charge is 2.60. The number of carbonyl (C=O) groups excluding carboxylic acids is 1. The maximum Gasteiger partial charge on any atom is 0.250 e. The van der Waals surface area contributed by atoms with Gasteiger partial charge in [-0.05, 0) is 18.8 Å². The summed E-state index contributed by atoms with van der Waals surface area (Å²) in [5.41, 5.74) is 0. The molecule has 0 aromatic carbocycles. The molecule has 1 aliphatic carbocycles. The normalized spacial score (nSPS) is 39.3. The SMILES string of the molecule is C/C=C/C1C2CN(OC)C(=O)C12. The second-order valence-corrected chi connectivity index (χ2v) is 3.37. The van der Waals surface area contributed by atoms with Crippen LogP contribution in [0.25, 0.3) is 0 Å². The van der Waals surface area contributed by atoms with E-state index in [-0.39, 0.29) is 11.8 Å². The van der Waals surface area contributed by atoms with Gasteiger partial charge in [0, 0.05) is 0 Å². The van der Waals surface area contributed by atoms with E-state index < -0.39 is 0 Å². The van der Waals surface area contributed by atoms with Crippen LogP contribution in [0.15, 0.2) is 12.2 Å². The van der Waals surface area contributed by atoms with E-state index in [1.165, 1.54) is 5.06 Å². The fourth-order valence-electron chi connectivity index (χ4n) is 2.08. The molecule has 3 unspecified atom stereocenters. The minimum Gasteiger partial charge on any atom is -0.274 e. The zero-order chi connectivity index (χ0) is 8.72. The van der Waals surface area contributed by atoms with Gasteiger partial charge in [0.1, 0.15) is 0 Å². The standard InChI is InChI=1S/C9H13NO2/c1-3-4-6-7-5-10(12-2)9(11)8(6)7/h3-4,6-8H,5H2,1-2H3/b4-3+. The van der Waals surface area contributed by atoms with Crippen molar-refractivity contribution in [3.63, 3.8) is 0 Å². The molecule has 2 rings (SSSR count). The Morgan fingerprint density at radius 3 is 2.83 bits per heavy atom. The minimum atomic E-state index is 0.158. The van der Waals surface area contributed by atoms with Crippen LogP contribution in [0.2, 0.25) is 0 Å². The Labute approximate surface area is 71.9 Å². The number of amides is 1. The van der Waals surface area contributed by atoms with Gasteiger partial charge in [-0.3, -0.25) is 9.63 Å². The summed E-state index contributed by atoms with van der Waals surface area (Å²) in [6.45, 7) is 2.77. The average Bonchev–Trinajstić information content (AvgIpc) is 2.62. The van der Waals surface area contributed by atoms with Gasteiger partial charge in [-0.15, -0.1) is 0 Å². The molecular weight excluding hydrogens is 154 g/mol. The van der Waals surface area contributed by atoms with E-state index in [0.29, 0.717) is 11.8 Å². The largest absolute Gasteiger partial charge is 0.274 e. The Hall–Kier alpha value is -0.830. The zero-order valence-corrected chi connectivity index (χ0v) is 7.36. The third-order valence-electron chi connectivity index (χ3n) is 2.77. The van der Waals surface area contributed by atoms with Crippen molar-refractivity contribution >= 4 is 5.91 Å². The maximum absolute atomic E-state index is 11.4. The number of allylic oxidation sites excluding steroid dienone is 2. The monoisotopic (exact) mass is 167 g/mol. The first-order valence-electron chi connectivity index (χ1n) is 4.28. The molecule has 1 amide bonds. The zero-order valence-electron chi connectivity index (χ0n) is 7.36. The highest BCUT2D eigenvalue weighted by molar-refractivity contribution is 5.84. The lowest BCUT2D eigenvalue weighted by atomic mass is 10.2. The lowest BCUT2D eigenvalue weighted by molar-refractivity contribution is -0.171. The summed E-state index contributed by atoms with van der Waals surface area (Å²) in [5, 5.41) is 1.47. The number of nitrogens with zero attached hydrogens (tertiary/aromatic N) is 1. The van der Waals surface area contributed by atoms with Gasteiger partial charge in [-0.1, -0.05) is 12.2 Å². The Morgan fingerprint density at radius 1 is 1.67 bits per heavy atom. The lowest BCUT2D eigenvalue weighted by Crippen LogP contribution is -2.28. The van der Waals surface area contributed by atoms with Crippen molar-refractivity contribution in [1.82, 2.24) is 5.06 Å². The van der Waals surface area contributed by atoms with Gasteiger partial charge in [-0.25, -0.2) is 5.06 Å². The first kappa shape index (κ1) is 7.80. The van der Waals surface area contributed by atoms with Gasteiger partial charge in [0.25, 0.3) is 0 Å². The molecule has 0 spiro atoms. The molecule has 0 aromatic rings. The summed E-state index contributed by atoms with van der Waals surface area (Å²) >= 11 is 0.